The summed E-state index contributed by atoms with van der Waals surface area (Å²) in [6, 6.07) is -0.165. The van der Waals surface area contributed by atoms with Gasteiger partial charge in [-0.05, 0) is 13.5 Å². The molecule has 4 nitrogen and oxygen atoms in total. The number of thiazole rings is 1. The van der Waals surface area contributed by atoms with Crippen LogP contribution in [-0.4, -0.2) is 36.1 Å². The molecule has 0 fully saturated rings. The fraction of sp³-hybridized carbons (Fsp3) is 0.667. The van der Waals surface area contributed by atoms with Gasteiger partial charge in [0.2, 0.25) is 0 Å². The molecular weight excluding hydrogens is 236 g/mol. The van der Waals surface area contributed by atoms with Gasteiger partial charge in [-0.3, -0.25) is 9.69 Å². The topological polar surface area (TPSA) is 42.4 Å². The maximum Gasteiger partial charge on any atom is 0.323 e. The molecule has 1 heterocycles. The van der Waals surface area contributed by atoms with Crippen LogP contribution in [0.25, 0.3) is 0 Å². The second kappa shape index (κ2) is 7.40. The molecule has 0 aliphatic rings. The summed E-state index contributed by atoms with van der Waals surface area (Å²) in [4.78, 5) is 17.9. The standard InChI is InChI=1S/C12H20N2O2S/c1-4-5-6-11(12(15)16-3)14(2)7-10-8-17-9-13-10/h8-9,11H,4-7H2,1-3H3. The molecule has 1 aromatic heterocycles. The molecular formula is C12H20N2O2S. The van der Waals surface area contributed by atoms with Crippen molar-refractivity contribution in [3.05, 3.63) is 16.6 Å². The Morgan fingerprint density at radius 3 is 2.94 bits per heavy atom. The van der Waals surface area contributed by atoms with Gasteiger partial charge < -0.3 is 4.74 Å². The minimum Gasteiger partial charge on any atom is -0.468 e. The molecule has 0 saturated heterocycles. The molecule has 1 unspecified atom stereocenters. The number of methoxy groups -OCH3 is 1. The summed E-state index contributed by atoms with van der Waals surface area (Å²) < 4.78 is 4.85. The van der Waals surface area contributed by atoms with E-state index in [-0.39, 0.29) is 12.0 Å². The van der Waals surface area contributed by atoms with E-state index in [1.54, 1.807) is 11.3 Å². The van der Waals surface area contributed by atoms with Crippen LogP contribution in [0.4, 0.5) is 0 Å². The van der Waals surface area contributed by atoms with Crippen LogP contribution in [0.3, 0.4) is 0 Å². The number of hydrogen-bond donors (Lipinski definition) is 0. The highest BCUT2D eigenvalue weighted by Crippen LogP contribution is 2.13. The number of carbonyl (C=O) groups excluding carboxylic acids is 1. The highest BCUT2D eigenvalue weighted by Gasteiger charge is 2.23. The quantitative estimate of drug-likeness (QED) is 0.702. The number of likely N-dealkylation sites (N-methyl/N-ethyl adjacent to an activating group) is 1. The summed E-state index contributed by atoms with van der Waals surface area (Å²) in [6.07, 6.45) is 2.95. The van der Waals surface area contributed by atoms with E-state index in [1.165, 1.54) is 7.11 Å². The Balaban J connectivity index is 2.58. The maximum absolute atomic E-state index is 11.7. The zero-order chi connectivity index (χ0) is 12.7. The Kier molecular flexibility index (Phi) is 6.15. The van der Waals surface area contributed by atoms with Crippen LogP contribution < -0.4 is 0 Å². The molecule has 0 radical (unpaired) electrons. The van der Waals surface area contributed by atoms with Gasteiger partial charge in [0.05, 0.1) is 18.3 Å². The van der Waals surface area contributed by atoms with Gasteiger partial charge in [-0.2, -0.15) is 0 Å². The Labute approximate surface area is 107 Å². The van der Waals surface area contributed by atoms with Crippen molar-refractivity contribution in [3.8, 4) is 0 Å². The zero-order valence-electron chi connectivity index (χ0n) is 10.7. The predicted molar refractivity (Wildman–Crippen MR) is 68.9 cm³/mol. The van der Waals surface area contributed by atoms with Crippen molar-refractivity contribution in [2.75, 3.05) is 14.2 Å². The third-order valence-electron chi connectivity index (χ3n) is 2.73. The molecule has 96 valence electrons. The maximum atomic E-state index is 11.7. The molecule has 0 saturated carbocycles. The average molecular weight is 256 g/mol. The number of aromatic nitrogens is 1. The van der Waals surface area contributed by atoms with E-state index in [1.807, 2.05) is 22.8 Å². The number of rotatable bonds is 7. The van der Waals surface area contributed by atoms with Crippen LogP contribution in [-0.2, 0) is 16.1 Å². The fourth-order valence-electron chi connectivity index (χ4n) is 1.73. The van der Waals surface area contributed by atoms with Crippen LogP contribution in [0.1, 0.15) is 31.9 Å². The second-order valence-electron chi connectivity index (χ2n) is 4.08. The number of unbranched alkanes of at least 4 members (excludes halogenated alkanes) is 1. The molecule has 1 rings (SSSR count). The number of ether oxygens (including phenoxy) is 1. The van der Waals surface area contributed by atoms with Gasteiger partial charge in [0.25, 0.3) is 0 Å². The van der Waals surface area contributed by atoms with E-state index in [4.69, 9.17) is 4.74 Å². The first kappa shape index (κ1) is 14.1. The molecule has 17 heavy (non-hydrogen) atoms. The van der Waals surface area contributed by atoms with E-state index in [9.17, 15) is 4.79 Å². The van der Waals surface area contributed by atoms with Gasteiger partial charge >= 0.3 is 5.97 Å². The summed E-state index contributed by atoms with van der Waals surface area (Å²) in [5, 5.41) is 2.00. The van der Waals surface area contributed by atoms with Crippen molar-refractivity contribution in [1.82, 2.24) is 9.88 Å². The van der Waals surface area contributed by atoms with Crippen molar-refractivity contribution in [2.24, 2.45) is 0 Å². The van der Waals surface area contributed by atoms with Gasteiger partial charge in [-0.1, -0.05) is 19.8 Å². The van der Waals surface area contributed by atoms with Gasteiger partial charge in [0, 0.05) is 11.9 Å². The summed E-state index contributed by atoms with van der Waals surface area (Å²) in [7, 11) is 3.38. The highest BCUT2D eigenvalue weighted by atomic mass is 32.1. The van der Waals surface area contributed by atoms with Crippen molar-refractivity contribution in [2.45, 2.75) is 38.8 Å². The molecule has 1 atom stereocenters. The first-order chi connectivity index (χ1) is 8.19. The lowest BCUT2D eigenvalue weighted by Gasteiger charge is -2.25. The molecule has 5 heteroatoms. The smallest absolute Gasteiger partial charge is 0.323 e. The Morgan fingerprint density at radius 2 is 2.41 bits per heavy atom. The van der Waals surface area contributed by atoms with Gasteiger partial charge in [0.15, 0.2) is 0 Å². The first-order valence-corrected chi connectivity index (χ1v) is 6.78. The van der Waals surface area contributed by atoms with Crippen LogP contribution in [0, 0.1) is 0 Å². The minimum atomic E-state index is -0.165. The molecule has 1 aromatic rings. The lowest BCUT2D eigenvalue weighted by molar-refractivity contribution is -0.147. The van der Waals surface area contributed by atoms with Crippen LogP contribution in [0.5, 0.6) is 0 Å². The van der Waals surface area contributed by atoms with E-state index >= 15 is 0 Å². The Bertz CT molecular complexity index is 327. The van der Waals surface area contributed by atoms with Gasteiger partial charge in [0.1, 0.15) is 6.04 Å². The third-order valence-corrected chi connectivity index (χ3v) is 3.37. The Morgan fingerprint density at radius 1 is 1.65 bits per heavy atom. The third kappa shape index (κ3) is 4.44. The molecule has 0 bridgehead atoms. The number of nitrogens with zero attached hydrogens (tertiary/aromatic N) is 2. The van der Waals surface area contributed by atoms with Crippen LogP contribution in [0.15, 0.2) is 10.9 Å². The molecule has 0 aliphatic heterocycles. The highest BCUT2D eigenvalue weighted by molar-refractivity contribution is 7.07. The van der Waals surface area contributed by atoms with Gasteiger partial charge in [-0.25, -0.2) is 4.98 Å². The van der Waals surface area contributed by atoms with E-state index in [0.29, 0.717) is 6.54 Å². The normalized spacial score (nSPS) is 12.7. The van der Waals surface area contributed by atoms with E-state index in [0.717, 1.165) is 25.0 Å². The van der Waals surface area contributed by atoms with Crippen molar-refractivity contribution >= 4 is 17.3 Å². The lowest BCUT2D eigenvalue weighted by atomic mass is 10.1. The molecule has 0 spiro atoms. The monoisotopic (exact) mass is 256 g/mol. The number of carbonyl (C=O) groups is 1. The number of hydrogen-bond acceptors (Lipinski definition) is 5. The van der Waals surface area contributed by atoms with Crippen LogP contribution in [0.2, 0.25) is 0 Å². The second-order valence-corrected chi connectivity index (χ2v) is 4.79. The van der Waals surface area contributed by atoms with E-state index in [2.05, 4.69) is 11.9 Å². The van der Waals surface area contributed by atoms with E-state index < -0.39 is 0 Å². The molecule has 0 aliphatic carbocycles. The zero-order valence-corrected chi connectivity index (χ0v) is 11.5. The molecule has 0 aromatic carbocycles. The van der Waals surface area contributed by atoms with Crippen LogP contribution >= 0.6 is 11.3 Å². The average Bonchev–Trinajstić information content (AvgIpc) is 2.81. The van der Waals surface area contributed by atoms with Crippen molar-refractivity contribution < 1.29 is 9.53 Å². The summed E-state index contributed by atoms with van der Waals surface area (Å²) in [6.45, 7) is 2.81. The minimum absolute atomic E-state index is 0.156. The Hall–Kier alpha value is -0.940. The van der Waals surface area contributed by atoms with Gasteiger partial charge in [-0.15, -0.1) is 11.3 Å². The summed E-state index contributed by atoms with van der Waals surface area (Å²) >= 11 is 1.57. The largest absolute Gasteiger partial charge is 0.468 e. The van der Waals surface area contributed by atoms with Crippen molar-refractivity contribution in [3.63, 3.8) is 0 Å². The summed E-state index contributed by atoms with van der Waals surface area (Å²) in [5.41, 5.74) is 2.81. The molecule has 0 amide bonds. The summed E-state index contributed by atoms with van der Waals surface area (Å²) in [5.74, 6) is -0.156. The lowest BCUT2D eigenvalue weighted by Crippen LogP contribution is -2.38. The predicted octanol–water partition coefficient (Wildman–Crippen LogP) is 2.31. The fourth-order valence-corrected chi connectivity index (χ4v) is 2.28. The number of esters is 1. The SMILES string of the molecule is CCCCC(C(=O)OC)N(C)Cc1cscn1. The first-order valence-electron chi connectivity index (χ1n) is 5.84. The molecule has 0 N–H and O–H groups in total. The van der Waals surface area contributed by atoms with Crippen molar-refractivity contribution in [1.29, 1.82) is 0 Å².